The third-order valence-electron chi connectivity index (χ3n) is 7.00. The fourth-order valence-electron chi connectivity index (χ4n) is 5.77. The first-order chi connectivity index (χ1) is 14.1. The van der Waals surface area contributed by atoms with E-state index in [4.69, 9.17) is 14.2 Å². The Morgan fingerprint density at radius 1 is 0.966 bits per heavy atom. The molecule has 0 radical (unpaired) electrons. The van der Waals surface area contributed by atoms with Crippen LogP contribution in [-0.2, 0) is 15.1 Å². The molecular weight excluding hydrogens is 436 g/mol. The molecule has 5 nitrogen and oxygen atoms in total. The largest absolute Gasteiger partial charge is 0.510 e. The van der Waals surface area contributed by atoms with Crippen molar-refractivity contribution in [2.45, 2.75) is 89.1 Å². The van der Waals surface area contributed by atoms with Gasteiger partial charge < -0.3 is 14.6 Å². The van der Waals surface area contributed by atoms with Gasteiger partial charge in [-0.3, -0.25) is 4.74 Å². The minimum Gasteiger partial charge on any atom is -0.450 e. The lowest BCUT2D eigenvalue weighted by molar-refractivity contribution is -0.322. The van der Waals surface area contributed by atoms with Gasteiger partial charge in [0.15, 0.2) is 0 Å². The van der Waals surface area contributed by atoms with Crippen LogP contribution in [0, 0.1) is 11.8 Å². The van der Waals surface area contributed by atoms with E-state index in [0.29, 0.717) is 17.6 Å². The van der Waals surface area contributed by atoms with Crippen LogP contribution >= 0.6 is 15.9 Å². The Labute approximate surface area is 181 Å². The average Bonchev–Trinajstić information content (AvgIpc) is 3.13. The summed E-state index contributed by atoms with van der Waals surface area (Å²) in [5, 5.41) is 9.25. The molecule has 0 saturated heterocycles. The Morgan fingerprint density at radius 3 is 2.03 bits per heavy atom. The third kappa shape index (κ3) is 4.43. The number of halogens is 1. The van der Waals surface area contributed by atoms with Crippen molar-refractivity contribution in [3.63, 3.8) is 0 Å². The van der Waals surface area contributed by atoms with Gasteiger partial charge in [-0.15, -0.1) is 0 Å². The van der Waals surface area contributed by atoms with Crippen LogP contribution in [0.25, 0.3) is 0 Å². The lowest BCUT2D eigenvalue weighted by Crippen LogP contribution is -2.52. The molecule has 1 atom stereocenters. The van der Waals surface area contributed by atoms with E-state index in [0.717, 1.165) is 35.7 Å². The minimum atomic E-state index is -1.37. The zero-order valence-electron chi connectivity index (χ0n) is 16.9. The fraction of sp³-hybridized carbons (Fsp3) is 0.696. The highest BCUT2D eigenvalue weighted by molar-refractivity contribution is 9.10. The zero-order valence-corrected chi connectivity index (χ0v) is 18.5. The average molecular weight is 467 g/mol. The fourth-order valence-corrected chi connectivity index (χ4v) is 6.13. The molecule has 1 N–H and O–H groups in total. The van der Waals surface area contributed by atoms with E-state index in [1.807, 2.05) is 12.1 Å². The second kappa shape index (κ2) is 9.25. The molecule has 6 heteroatoms. The van der Waals surface area contributed by atoms with E-state index >= 15 is 0 Å². The van der Waals surface area contributed by atoms with E-state index in [9.17, 15) is 9.90 Å². The molecule has 1 aromatic carbocycles. The van der Waals surface area contributed by atoms with Gasteiger partial charge in [0.25, 0.3) is 0 Å². The number of carbonyl (C=O) groups is 1. The molecule has 0 spiro atoms. The summed E-state index contributed by atoms with van der Waals surface area (Å²) in [6.45, 7) is -1.22. The molecule has 1 aromatic rings. The number of benzene rings is 1. The summed E-state index contributed by atoms with van der Waals surface area (Å²) in [5.74, 6) is 1.37. The first-order valence-corrected chi connectivity index (χ1v) is 11.9. The number of hydrogen-bond acceptors (Lipinski definition) is 4. The topological polar surface area (TPSA) is 65.0 Å². The second-order valence-electron chi connectivity index (χ2n) is 8.72. The summed E-state index contributed by atoms with van der Waals surface area (Å²) in [5.41, 5.74) is 0.502. The highest BCUT2D eigenvalue weighted by atomic mass is 79.9. The van der Waals surface area contributed by atoms with Crippen molar-refractivity contribution in [2.75, 3.05) is 0 Å². The zero-order chi connectivity index (χ0) is 20.3. The first kappa shape index (κ1) is 21.0. The number of ether oxygens (including phenoxy) is 3. The Bertz CT molecular complexity index is 685. The maximum absolute atomic E-state index is 11.3. The van der Waals surface area contributed by atoms with E-state index in [-0.39, 0.29) is 0 Å². The van der Waals surface area contributed by atoms with Crippen LogP contribution < -0.4 is 4.74 Å². The van der Waals surface area contributed by atoms with Gasteiger partial charge in [0.05, 0.1) is 0 Å². The maximum Gasteiger partial charge on any atom is 0.510 e. The summed E-state index contributed by atoms with van der Waals surface area (Å²) in [6, 6.07) is 5.98. The summed E-state index contributed by atoms with van der Waals surface area (Å²) in [4.78, 5) is 11.3. The summed E-state index contributed by atoms with van der Waals surface area (Å²) in [7, 11) is 0. The van der Waals surface area contributed by atoms with E-state index < -0.39 is 18.2 Å². The Balaban J connectivity index is 1.83. The lowest BCUT2D eigenvalue weighted by atomic mass is 9.66. The molecule has 1 heterocycles. The minimum absolute atomic E-state index is 0.338. The van der Waals surface area contributed by atoms with Gasteiger partial charge in [-0.2, -0.15) is 0 Å². The quantitative estimate of drug-likeness (QED) is 0.384. The van der Waals surface area contributed by atoms with Gasteiger partial charge >= 0.3 is 12.6 Å². The number of rotatable bonds is 3. The van der Waals surface area contributed by atoms with Crippen LogP contribution in [0.1, 0.15) is 82.6 Å². The van der Waals surface area contributed by atoms with E-state index in [1.165, 1.54) is 51.4 Å². The summed E-state index contributed by atoms with van der Waals surface area (Å²) < 4.78 is 18.5. The molecule has 2 aliphatic carbocycles. The van der Waals surface area contributed by atoms with Crippen LogP contribution in [0.4, 0.5) is 4.79 Å². The molecule has 2 fully saturated rings. The molecular formula is C23H31BrO5. The molecule has 0 bridgehead atoms. The summed E-state index contributed by atoms with van der Waals surface area (Å²) >= 11 is 3.64. The van der Waals surface area contributed by atoms with Gasteiger partial charge in [-0.1, -0.05) is 67.3 Å². The van der Waals surface area contributed by atoms with Crippen LogP contribution in [0.15, 0.2) is 22.7 Å². The van der Waals surface area contributed by atoms with Crippen LogP contribution in [0.2, 0.25) is 0 Å². The van der Waals surface area contributed by atoms with Crippen molar-refractivity contribution in [1.29, 1.82) is 0 Å². The summed E-state index contributed by atoms with van der Waals surface area (Å²) in [6.07, 6.45) is 12.8. The Kier molecular flexibility index (Phi) is 6.69. The number of hydrogen-bond donors (Lipinski definition) is 1. The highest BCUT2D eigenvalue weighted by Crippen LogP contribution is 2.55. The van der Waals surface area contributed by atoms with Gasteiger partial charge in [0.1, 0.15) is 11.4 Å². The first-order valence-electron chi connectivity index (χ1n) is 11.1. The number of fused-ring (bicyclic) bond motifs is 1. The molecule has 0 amide bonds. The standard InChI is InChI=1S/C23H31BrO5/c24-18-13-14-20-19(15-18)23(16-9-5-1-2-6-10-16,17-11-7-3-4-8-12-17)29-22(27-20)28-21(25)26/h13-17,22H,1-12H2,(H,25,26). The Hall–Kier alpha value is -1.27. The van der Waals surface area contributed by atoms with Crippen molar-refractivity contribution in [2.24, 2.45) is 11.8 Å². The third-order valence-corrected chi connectivity index (χ3v) is 7.49. The number of carboxylic acid groups (broad SMARTS) is 1. The molecule has 2 saturated carbocycles. The lowest BCUT2D eigenvalue weighted by Gasteiger charge is -2.50. The molecule has 1 unspecified atom stereocenters. The SMILES string of the molecule is O=C(O)OC1Oc2ccc(Br)cc2C(C2CCCCCC2)(C2CCCCCC2)O1. The second-order valence-corrected chi connectivity index (χ2v) is 9.63. The Morgan fingerprint density at radius 2 is 1.52 bits per heavy atom. The van der Waals surface area contributed by atoms with Crippen molar-refractivity contribution in [3.05, 3.63) is 28.2 Å². The molecule has 0 aromatic heterocycles. The molecule has 29 heavy (non-hydrogen) atoms. The van der Waals surface area contributed by atoms with Crippen molar-refractivity contribution < 1.29 is 24.1 Å². The van der Waals surface area contributed by atoms with E-state index in [1.54, 1.807) is 0 Å². The van der Waals surface area contributed by atoms with Gasteiger partial charge in [0.2, 0.25) is 0 Å². The van der Waals surface area contributed by atoms with Crippen molar-refractivity contribution in [1.82, 2.24) is 0 Å². The molecule has 1 aliphatic heterocycles. The van der Waals surface area contributed by atoms with Crippen molar-refractivity contribution in [3.8, 4) is 5.75 Å². The van der Waals surface area contributed by atoms with Crippen LogP contribution in [0.3, 0.4) is 0 Å². The maximum atomic E-state index is 11.3. The monoisotopic (exact) mass is 466 g/mol. The van der Waals surface area contributed by atoms with Gasteiger partial charge in [0, 0.05) is 10.0 Å². The molecule has 160 valence electrons. The van der Waals surface area contributed by atoms with Gasteiger partial charge in [-0.05, 0) is 55.7 Å². The van der Waals surface area contributed by atoms with Crippen LogP contribution in [-0.4, -0.2) is 17.7 Å². The highest BCUT2D eigenvalue weighted by Gasteiger charge is 2.54. The predicted octanol–water partition coefficient (Wildman–Crippen LogP) is 6.97. The van der Waals surface area contributed by atoms with Crippen LogP contribution in [0.5, 0.6) is 5.75 Å². The van der Waals surface area contributed by atoms with E-state index in [2.05, 4.69) is 22.0 Å². The smallest absolute Gasteiger partial charge is 0.450 e. The molecule has 3 aliphatic rings. The van der Waals surface area contributed by atoms with Crippen molar-refractivity contribution >= 4 is 22.1 Å². The normalized spacial score (nSPS) is 25.9. The molecule has 4 rings (SSSR count). The van der Waals surface area contributed by atoms with Gasteiger partial charge in [-0.25, -0.2) is 4.79 Å². The predicted molar refractivity (Wildman–Crippen MR) is 113 cm³/mol.